The second kappa shape index (κ2) is 9.55. The number of halogens is 2. The van der Waals surface area contributed by atoms with Gasteiger partial charge in [-0.25, -0.2) is 8.78 Å². The molecule has 1 aromatic heterocycles. The van der Waals surface area contributed by atoms with Crippen LogP contribution >= 0.6 is 0 Å². The van der Waals surface area contributed by atoms with Crippen molar-refractivity contribution in [2.24, 2.45) is 0 Å². The fraction of sp³-hybridized carbons (Fsp3) is 0.222. The number of piperidine rings is 1. The molecule has 4 aromatic rings. The van der Waals surface area contributed by atoms with E-state index in [1.54, 1.807) is 17.0 Å². The predicted octanol–water partition coefficient (Wildman–Crippen LogP) is 5.97. The zero-order valence-corrected chi connectivity index (χ0v) is 18.4. The van der Waals surface area contributed by atoms with E-state index in [-0.39, 0.29) is 30.1 Å². The number of nitrogens with zero attached hydrogens (tertiary/aromatic N) is 1. The van der Waals surface area contributed by atoms with Gasteiger partial charge in [0.1, 0.15) is 30.0 Å². The first-order valence-corrected chi connectivity index (χ1v) is 11.2. The minimum atomic E-state index is -0.729. The Labute approximate surface area is 195 Å². The van der Waals surface area contributed by atoms with Gasteiger partial charge in [0.05, 0.1) is 0 Å². The monoisotopic (exact) mass is 463 g/mol. The number of fused-ring (bicyclic) bond motifs is 1. The molecule has 174 valence electrons. The second-order valence-electron chi connectivity index (χ2n) is 8.25. The Morgan fingerprint density at radius 1 is 0.941 bits per heavy atom. The molecule has 1 amide bonds. The first-order valence-electron chi connectivity index (χ1n) is 11.2. The van der Waals surface area contributed by atoms with Crippen molar-refractivity contribution in [3.8, 4) is 11.5 Å². The van der Waals surface area contributed by atoms with Crippen molar-refractivity contribution >= 4 is 16.7 Å². The van der Waals surface area contributed by atoms with Gasteiger partial charge in [-0.05, 0) is 47.2 Å². The summed E-state index contributed by atoms with van der Waals surface area (Å²) in [7, 11) is 0. The molecule has 0 spiro atoms. The summed E-state index contributed by atoms with van der Waals surface area (Å²) in [4.78, 5) is 14.5. The lowest BCUT2D eigenvalue weighted by atomic mass is 10.1. The van der Waals surface area contributed by atoms with E-state index in [4.69, 9.17) is 13.9 Å². The summed E-state index contributed by atoms with van der Waals surface area (Å²) in [6.07, 6.45) is 0.842. The minimum absolute atomic E-state index is 0.0215. The van der Waals surface area contributed by atoms with Gasteiger partial charge in [-0.3, -0.25) is 4.79 Å². The van der Waals surface area contributed by atoms with Crippen LogP contribution in [0.4, 0.5) is 8.78 Å². The maximum Gasteiger partial charge on any atom is 0.289 e. The molecule has 1 aliphatic rings. The molecule has 0 N–H and O–H groups in total. The van der Waals surface area contributed by atoms with Crippen LogP contribution in [0.3, 0.4) is 0 Å². The topological polar surface area (TPSA) is 51.9 Å². The molecule has 0 bridgehead atoms. The molecular formula is C27H23F2NO4. The molecule has 0 aliphatic carbocycles. The average molecular weight is 463 g/mol. The molecule has 1 saturated heterocycles. The first-order chi connectivity index (χ1) is 16.5. The van der Waals surface area contributed by atoms with E-state index in [1.807, 2.05) is 42.5 Å². The standard InChI is InChI=1S/C27H23F2NO4/c28-20-6-9-25(24(29)16-20)33-21-11-13-30(14-12-21)27(31)26-10-8-23(34-26)17-32-22-7-5-18-3-1-2-4-19(18)15-22/h1-10,15-16,21H,11-14,17H2. The van der Waals surface area contributed by atoms with Crippen LogP contribution in [0.1, 0.15) is 29.2 Å². The average Bonchev–Trinajstić information content (AvgIpc) is 3.33. The number of hydrogen-bond donors (Lipinski definition) is 0. The summed E-state index contributed by atoms with van der Waals surface area (Å²) in [5, 5.41) is 2.22. The molecule has 2 heterocycles. The van der Waals surface area contributed by atoms with Gasteiger partial charge in [0.15, 0.2) is 17.3 Å². The number of hydrogen-bond acceptors (Lipinski definition) is 4. The zero-order valence-electron chi connectivity index (χ0n) is 18.4. The normalized spacial score (nSPS) is 14.4. The molecule has 0 atom stereocenters. The zero-order chi connectivity index (χ0) is 23.5. The third kappa shape index (κ3) is 4.88. The molecule has 0 unspecified atom stereocenters. The predicted molar refractivity (Wildman–Crippen MR) is 123 cm³/mol. The molecule has 5 nitrogen and oxygen atoms in total. The lowest BCUT2D eigenvalue weighted by Gasteiger charge is -2.31. The molecule has 5 rings (SSSR count). The van der Waals surface area contributed by atoms with Gasteiger partial charge in [-0.1, -0.05) is 30.3 Å². The summed E-state index contributed by atoms with van der Waals surface area (Å²) in [6, 6.07) is 20.5. The molecule has 3 aromatic carbocycles. The van der Waals surface area contributed by atoms with Crippen LogP contribution in [0.15, 0.2) is 77.2 Å². The van der Waals surface area contributed by atoms with Gasteiger partial charge >= 0.3 is 0 Å². The van der Waals surface area contributed by atoms with Crippen LogP contribution in [-0.4, -0.2) is 30.0 Å². The lowest BCUT2D eigenvalue weighted by molar-refractivity contribution is 0.0556. The van der Waals surface area contributed by atoms with E-state index >= 15 is 0 Å². The van der Waals surface area contributed by atoms with Crippen LogP contribution in [-0.2, 0) is 6.61 Å². The van der Waals surface area contributed by atoms with Gasteiger partial charge in [0.2, 0.25) is 0 Å². The van der Waals surface area contributed by atoms with Gasteiger partial charge in [0, 0.05) is 32.0 Å². The Bertz CT molecular complexity index is 1310. The SMILES string of the molecule is O=C(c1ccc(COc2ccc3ccccc3c2)o1)N1CCC(Oc2ccc(F)cc2F)CC1. The van der Waals surface area contributed by atoms with Gasteiger partial charge in [-0.15, -0.1) is 0 Å². The lowest BCUT2D eigenvalue weighted by Crippen LogP contribution is -2.41. The molecule has 7 heteroatoms. The Morgan fingerprint density at radius 3 is 2.53 bits per heavy atom. The van der Waals surface area contributed by atoms with Crippen LogP contribution in [0.5, 0.6) is 11.5 Å². The highest BCUT2D eigenvalue weighted by Crippen LogP contribution is 2.25. The number of rotatable bonds is 6. The van der Waals surface area contributed by atoms with Crippen molar-refractivity contribution in [1.29, 1.82) is 0 Å². The van der Waals surface area contributed by atoms with Crippen LogP contribution in [0.25, 0.3) is 10.8 Å². The Balaban J connectivity index is 1.14. The quantitative estimate of drug-likeness (QED) is 0.353. The first kappa shape index (κ1) is 21.9. The van der Waals surface area contributed by atoms with Crippen LogP contribution in [0, 0.1) is 11.6 Å². The Kier molecular flexibility index (Phi) is 6.16. The molecule has 1 aliphatic heterocycles. The largest absolute Gasteiger partial charge is 0.487 e. The number of benzene rings is 3. The van der Waals surface area contributed by atoms with Gasteiger partial charge in [0.25, 0.3) is 5.91 Å². The highest BCUT2D eigenvalue weighted by atomic mass is 19.1. The summed E-state index contributed by atoms with van der Waals surface area (Å²) in [6.45, 7) is 1.12. The number of amides is 1. The van der Waals surface area contributed by atoms with Crippen LogP contribution < -0.4 is 9.47 Å². The number of likely N-dealkylation sites (tertiary alicyclic amines) is 1. The summed E-state index contributed by atoms with van der Waals surface area (Å²) >= 11 is 0. The third-order valence-electron chi connectivity index (χ3n) is 5.89. The van der Waals surface area contributed by atoms with Crippen LogP contribution in [0.2, 0.25) is 0 Å². The highest BCUT2D eigenvalue weighted by molar-refractivity contribution is 5.91. The van der Waals surface area contributed by atoms with E-state index < -0.39 is 11.6 Å². The molecule has 34 heavy (non-hydrogen) atoms. The number of carbonyl (C=O) groups excluding carboxylic acids is 1. The third-order valence-corrected chi connectivity index (χ3v) is 5.89. The van der Waals surface area contributed by atoms with Crippen molar-refractivity contribution in [3.05, 3.63) is 96.0 Å². The fourth-order valence-corrected chi connectivity index (χ4v) is 4.07. The highest BCUT2D eigenvalue weighted by Gasteiger charge is 2.27. The van der Waals surface area contributed by atoms with Crippen molar-refractivity contribution < 1.29 is 27.5 Å². The van der Waals surface area contributed by atoms with E-state index in [0.717, 1.165) is 28.7 Å². The van der Waals surface area contributed by atoms with E-state index in [0.29, 0.717) is 31.7 Å². The van der Waals surface area contributed by atoms with Gasteiger partial charge in [-0.2, -0.15) is 0 Å². The maximum atomic E-state index is 13.8. The summed E-state index contributed by atoms with van der Waals surface area (Å²) in [5.74, 6) is -0.0277. The fourth-order valence-electron chi connectivity index (χ4n) is 4.07. The van der Waals surface area contributed by atoms with Crippen molar-refractivity contribution in [3.63, 3.8) is 0 Å². The van der Waals surface area contributed by atoms with Crippen molar-refractivity contribution in [2.75, 3.05) is 13.1 Å². The number of furan rings is 1. The van der Waals surface area contributed by atoms with E-state index in [2.05, 4.69) is 0 Å². The minimum Gasteiger partial charge on any atom is -0.487 e. The summed E-state index contributed by atoms with van der Waals surface area (Å²) in [5.41, 5.74) is 0. The second-order valence-corrected chi connectivity index (χ2v) is 8.25. The maximum absolute atomic E-state index is 13.8. The molecule has 1 fully saturated rings. The summed E-state index contributed by atoms with van der Waals surface area (Å²) < 4.78 is 44.1. The Morgan fingerprint density at radius 2 is 1.74 bits per heavy atom. The number of ether oxygens (including phenoxy) is 2. The van der Waals surface area contributed by atoms with Gasteiger partial charge < -0.3 is 18.8 Å². The van der Waals surface area contributed by atoms with Crippen molar-refractivity contribution in [2.45, 2.75) is 25.6 Å². The van der Waals surface area contributed by atoms with E-state index in [1.165, 1.54) is 6.07 Å². The number of carbonyl (C=O) groups is 1. The molecule has 0 saturated carbocycles. The molecular weight excluding hydrogens is 440 g/mol. The molecule has 0 radical (unpaired) electrons. The smallest absolute Gasteiger partial charge is 0.289 e. The van der Waals surface area contributed by atoms with E-state index in [9.17, 15) is 13.6 Å². The Hall–Kier alpha value is -3.87. The van der Waals surface area contributed by atoms with Crippen molar-refractivity contribution in [1.82, 2.24) is 4.90 Å².